The number of alkyl carbamates (subject to hydrolysis) is 1. The number of carbonyl (C=O) groups is 1. The van der Waals surface area contributed by atoms with Crippen molar-refractivity contribution in [2.24, 2.45) is 0 Å². The molecule has 0 atom stereocenters. The van der Waals surface area contributed by atoms with Crippen LogP contribution in [0.25, 0.3) is 0 Å². The Bertz CT molecular complexity index is 583. The second-order valence-corrected chi connectivity index (χ2v) is 9.01. The molecule has 0 saturated heterocycles. The molecular weight excluding hydrogens is 414 g/mol. The van der Waals surface area contributed by atoms with Crippen LogP contribution in [0.15, 0.2) is 18.2 Å². The summed E-state index contributed by atoms with van der Waals surface area (Å²) < 4.78 is 15.8. The van der Waals surface area contributed by atoms with Crippen LogP contribution in [-0.2, 0) is 11.3 Å². The number of carbonyl (C=O) groups excluding carboxylic acids is 1. The van der Waals surface area contributed by atoms with Gasteiger partial charge in [0.2, 0.25) is 0 Å². The van der Waals surface area contributed by atoms with Gasteiger partial charge in [-0.1, -0.05) is 103 Å². The SMILES string of the molecule is CCCCCCCCCCCCCCCCCCOC(=O)NCc1cc(OC)cc(OC)c1. The fraction of sp³-hybridized carbons (Fsp3) is 0.750. The Morgan fingerprint density at radius 2 is 1.09 bits per heavy atom. The Hall–Kier alpha value is -1.91. The average molecular weight is 464 g/mol. The van der Waals surface area contributed by atoms with Crippen molar-refractivity contribution >= 4 is 6.09 Å². The van der Waals surface area contributed by atoms with E-state index in [9.17, 15) is 4.79 Å². The summed E-state index contributed by atoms with van der Waals surface area (Å²) in [7, 11) is 3.22. The van der Waals surface area contributed by atoms with Crippen LogP contribution in [0.2, 0.25) is 0 Å². The lowest BCUT2D eigenvalue weighted by Gasteiger charge is -2.10. The average Bonchev–Trinajstić information content (AvgIpc) is 2.84. The first-order valence-electron chi connectivity index (χ1n) is 13.3. The molecule has 0 saturated carbocycles. The summed E-state index contributed by atoms with van der Waals surface area (Å²) in [5.41, 5.74) is 0.908. The van der Waals surface area contributed by atoms with Crippen LogP contribution in [0.4, 0.5) is 4.79 Å². The maximum absolute atomic E-state index is 11.9. The minimum absolute atomic E-state index is 0.377. The zero-order valence-electron chi connectivity index (χ0n) is 21.6. The molecule has 0 aromatic heterocycles. The summed E-state index contributed by atoms with van der Waals surface area (Å²) in [6, 6.07) is 5.55. The van der Waals surface area contributed by atoms with E-state index in [0.717, 1.165) is 18.4 Å². The van der Waals surface area contributed by atoms with E-state index in [4.69, 9.17) is 14.2 Å². The molecule has 0 spiro atoms. The third kappa shape index (κ3) is 16.4. The molecular formula is C28H49NO4. The van der Waals surface area contributed by atoms with Crippen molar-refractivity contribution in [2.45, 2.75) is 116 Å². The second-order valence-electron chi connectivity index (χ2n) is 9.01. The lowest BCUT2D eigenvalue weighted by Crippen LogP contribution is -2.24. The van der Waals surface area contributed by atoms with E-state index < -0.39 is 0 Å². The number of amides is 1. The minimum atomic E-state index is -0.377. The summed E-state index contributed by atoms with van der Waals surface area (Å²) in [4.78, 5) is 11.9. The zero-order chi connectivity index (χ0) is 24.0. The smallest absolute Gasteiger partial charge is 0.407 e. The fourth-order valence-corrected chi connectivity index (χ4v) is 4.01. The van der Waals surface area contributed by atoms with Gasteiger partial charge in [-0.15, -0.1) is 0 Å². The third-order valence-corrected chi connectivity index (χ3v) is 6.08. The van der Waals surface area contributed by atoms with E-state index in [1.54, 1.807) is 20.3 Å². The molecule has 1 amide bonds. The number of benzene rings is 1. The van der Waals surface area contributed by atoms with Crippen LogP contribution in [0.3, 0.4) is 0 Å². The van der Waals surface area contributed by atoms with Crippen LogP contribution in [-0.4, -0.2) is 26.9 Å². The van der Waals surface area contributed by atoms with E-state index in [0.29, 0.717) is 24.7 Å². The summed E-state index contributed by atoms with van der Waals surface area (Å²) in [5.74, 6) is 1.40. The van der Waals surface area contributed by atoms with Crippen molar-refractivity contribution in [2.75, 3.05) is 20.8 Å². The van der Waals surface area contributed by atoms with E-state index in [1.165, 1.54) is 89.9 Å². The minimum Gasteiger partial charge on any atom is -0.497 e. The van der Waals surface area contributed by atoms with Gasteiger partial charge in [-0.2, -0.15) is 0 Å². The molecule has 5 nitrogen and oxygen atoms in total. The van der Waals surface area contributed by atoms with Gasteiger partial charge in [0.1, 0.15) is 11.5 Å². The van der Waals surface area contributed by atoms with Gasteiger partial charge in [-0.3, -0.25) is 0 Å². The van der Waals surface area contributed by atoms with Gasteiger partial charge in [0.15, 0.2) is 0 Å². The van der Waals surface area contributed by atoms with Gasteiger partial charge >= 0.3 is 6.09 Å². The molecule has 0 aliphatic rings. The van der Waals surface area contributed by atoms with E-state index >= 15 is 0 Å². The standard InChI is InChI=1S/C28H49NO4/c1-4-5-6-7-8-9-10-11-12-13-14-15-16-17-18-19-20-33-28(30)29-24-25-21-26(31-2)23-27(22-25)32-3/h21-23H,4-20,24H2,1-3H3,(H,29,30). The second kappa shape index (κ2) is 20.7. The number of methoxy groups -OCH3 is 2. The van der Waals surface area contributed by atoms with Crippen molar-refractivity contribution < 1.29 is 19.0 Å². The molecule has 1 rings (SSSR count). The number of hydrogen-bond donors (Lipinski definition) is 1. The number of hydrogen-bond acceptors (Lipinski definition) is 4. The Morgan fingerprint density at radius 1 is 0.667 bits per heavy atom. The van der Waals surface area contributed by atoms with Crippen molar-refractivity contribution in [3.8, 4) is 11.5 Å². The quantitative estimate of drug-likeness (QED) is 0.187. The Labute approximate surface area is 203 Å². The van der Waals surface area contributed by atoms with Crippen molar-refractivity contribution in [1.29, 1.82) is 0 Å². The number of nitrogens with one attached hydrogen (secondary N) is 1. The molecule has 190 valence electrons. The molecule has 5 heteroatoms. The highest BCUT2D eigenvalue weighted by molar-refractivity contribution is 5.67. The number of unbranched alkanes of at least 4 members (excludes halogenated alkanes) is 15. The van der Waals surface area contributed by atoms with Gasteiger partial charge in [-0.25, -0.2) is 4.79 Å². The summed E-state index contributed by atoms with van der Waals surface area (Å²) in [6.45, 7) is 3.14. The van der Waals surface area contributed by atoms with Crippen molar-refractivity contribution in [3.63, 3.8) is 0 Å². The molecule has 1 aromatic rings. The molecule has 0 fully saturated rings. The molecule has 1 aromatic carbocycles. The van der Waals surface area contributed by atoms with Gasteiger partial charge in [0.25, 0.3) is 0 Å². The highest BCUT2D eigenvalue weighted by Crippen LogP contribution is 2.22. The first-order chi connectivity index (χ1) is 16.2. The van der Waals surface area contributed by atoms with E-state index in [1.807, 2.05) is 12.1 Å². The molecule has 0 aliphatic carbocycles. The molecule has 0 bridgehead atoms. The largest absolute Gasteiger partial charge is 0.497 e. The topological polar surface area (TPSA) is 56.8 Å². The maximum Gasteiger partial charge on any atom is 0.407 e. The summed E-state index contributed by atoms with van der Waals surface area (Å²) >= 11 is 0. The Kier molecular flexibility index (Phi) is 18.2. The highest BCUT2D eigenvalue weighted by atomic mass is 16.5. The zero-order valence-corrected chi connectivity index (χ0v) is 21.6. The fourth-order valence-electron chi connectivity index (χ4n) is 4.01. The number of ether oxygens (including phenoxy) is 3. The first kappa shape index (κ1) is 29.1. The lowest BCUT2D eigenvalue weighted by molar-refractivity contribution is 0.143. The van der Waals surface area contributed by atoms with Gasteiger partial charge < -0.3 is 19.5 Å². The van der Waals surface area contributed by atoms with E-state index in [-0.39, 0.29) is 6.09 Å². The molecule has 1 N–H and O–H groups in total. The summed E-state index contributed by atoms with van der Waals surface area (Å²) in [6.07, 6.45) is 21.0. The molecule has 0 radical (unpaired) electrons. The highest BCUT2D eigenvalue weighted by Gasteiger charge is 2.05. The normalized spacial score (nSPS) is 10.8. The Morgan fingerprint density at radius 3 is 1.52 bits per heavy atom. The van der Waals surface area contributed by atoms with Gasteiger partial charge in [0, 0.05) is 12.6 Å². The van der Waals surface area contributed by atoms with Crippen LogP contribution in [0.5, 0.6) is 11.5 Å². The lowest BCUT2D eigenvalue weighted by atomic mass is 10.0. The molecule has 33 heavy (non-hydrogen) atoms. The monoisotopic (exact) mass is 463 g/mol. The number of rotatable bonds is 21. The molecule has 0 aliphatic heterocycles. The third-order valence-electron chi connectivity index (χ3n) is 6.08. The van der Waals surface area contributed by atoms with Crippen LogP contribution < -0.4 is 14.8 Å². The van der Waals surface area contributed by atoms with Crippen LogP contribution in [0.1, 0.15) is 115 Å². The Balaban J connectivity index is 1.88. The van der Waals surface area contributed by atoms with Gasteiger partial charge in [0.05, 0.1) is 20.8 Å². The first-order valence-corrected chi connectivity index (χ1v) is 13.3. The molecule has 0 heterocycles. The van der Waals surface area contributed by atoms with Crippen molar-refractivity contribution in [1.82, 2.24) is 5.32 Å². The van der Waals surface area contributed by atoms with Crippen LogP contribution >= 0.6 is 0 Å². The van der Waals surface area contributed by atoms with Gasteiger partial charge in [-0.05, 0) is 24.1 Å². The summed E-state index contributed by atoms with van der Waals surface area (Å²) in [5, 5.41) is 2.78. The maximum atomic E-state index is 11.9. The van der Waals surface area contributed by atoms with E-state index in [2.05, 4.69) is 12.2 Å². The van der Waals surface area contributed by atoms with Crippen LogP contribution in [0, 0.1) is 0 Å². The molecule has 0 unspecified atom stereocenters. The predicted molar refractivity (Wildman–Crippen MR) is 137 cm³/mol. The van der Waals surface area contributed by atoms with Crippen molar-refractivity contribution in [3.05, 3.63) is 23.8 Å². The predicted octanol–water partition coefficient (Wildman–Crippen LogP) is 8.19.